The average Bonchev–Trinajstić information content (AvgIpc) is 3.05. The second kappa shape index (κ2) is 6.42. The van der Waals surface area contributed by atoms with E-state index in [1.165, 1.54) is 18.5 Å². The maximum Gasteiger partial charge on any atom is 0.314 e. The van der Waals surface area contributed by atoms with Gasteiger partial charge >= 0.3 is 6.43 Å². The molecule has 0 amide bonds. The van der Waals surface area contributed by atoms with E-state index in [2.05, 4.69) is 25.5 Å². The van der Waals surface area contributed by atoms with Gasteiger partial charge in [-0.25, -0.2) is 14.4 Å². The minimum Gasteiger partial charge on any atom is -0.415 e. The van der Waals surface area contributed by atoms with E-state index in [0.29, 0.717) is 11.1 Å². The van der Waals surface area contributed by atoms with Crippen molar-refractivity contribution in [2.45, 2.75) is 13.0 Å². The highest BCUT2D eigenvalue weighted by atomic mass is 19.3. The highest BCUT2D eigenvalue weighted by Crippen LogP contribution is 2.22. The Hall–Kier alpha value is -2.97. The molecule has 3 aromatic rings. The topological polar surface area (TPSA) is 76.7 Å². The fourth-order valence-electron chi connectivity index (χ4n) is 1.79. The van der Waals surface area contributed by atoms with Crippen LogP contribution < -0.4 is 5.32 Å². The van der Waals surface area contributed by atoms with Crippen LogP contribution in [0.5, 0.6) is 0 Å². The van der Waals surface area contributed by atoms with Crippen LogP contribution in [0, 0.1) is 5.82 Å². The molecule has 0 bridgehead atoms. The van der Waals surface area contributed by atoms with E-state index >= 15 is 0 Å². The van der Waals surface area contributed by atoms with Gasteiger partial charge in [0.1, 0.15) is 5.82 Å². The molecule has 0 saturated heterocycles. The minimum absolute atomic E-state index is 0.0963. The summed E-state index contributed by atoms with van der Waals surface area (Å²) in [6.07, 6.45) is -0.141. The Morgan fingerprint density at radius 3 is 2.48 bits per heavy atom. The summed E-state index contributed by atoms with van der Waals surface area (Å²) in [7, 11) is 0. The second-order valence-electron chi connectivity index (χ2n) is 4.49. The highest BCUT2D eigenvalue weighted by molar-refractivity contribution is 5.50. The summed E-state index contributed by atoms with van der Waals surface area (Å²) in [4.78, 5) is 7.99. The monoisotopic (exact) mass is 321 g/mol. The van der Waals surface area contributed by atoms with Crippen molar-refractivity contribution in [3.63, 3.8) is 0 Å². The molecule has 0 aliphatic heterocycles. The first kappa shape index (κ1) is 14.9. The molecule has 9 heteroatoms. The smallest absolute Gasteiger partial charge is 0.314 e. The van der Waals surface area contributed by atoms with E-state index < -0.39 is 12.3 Å². The summed E-state index contributed by atoms with van der Waals surface area (Å²) < 4.78 is 43.0. The normalized spacial score (nSPS) is 11.0. The molecule has 1 N–H and O–H groups in total. The first-order valence-corrected chi connectivity index (χ1v) is 6.54. The molecule has 2 aromatic heterocycles. The number of rotatable bonds is 5. The molecule has 3 rings (SSSR count). The van der Waals surface area contributed by atoms with E-state index in [0.717, 1.165) is 0 Å². The fourth-order valence-corrected chi connectivity index (χ4v) is 1.79. The lowest BCUT2D eigenvalue weighted by Gasteiger charge is -2.05. The van der Waals surface area contributed by atoms with E-state index in [-0.39, 0.29) is 24.2 Å². The SMILES string of the molecule is Fc1ccccc1CNc1ncc(-c2nnc(C(F)F)o2)cn1. The summed E-state index contributed by atoms with van der Waals surface area (Å²) >= 11 is 0. The van der Waals surface area contributed by atoms with Crippen molar-refractivity contribution in [1.82, 2.24) is 20.2 Å². The molecule has 6 nitrogen and oxygen atoms in total. The molecule has 0 radical (unpaired) electrons. The Bertz CT molecular complexity index is 791. The number of anilines is 1. The largest absolute Gasteiger partial charge is 0.415 e. The second-order valence-corrected chi connectivity index (χ2v) is 4.49. The van der Waals surface area contributed by atoms with Gasteiger partial charge in [-0.3, -0.25) is 0 Å². The lowest BCUT2D eigenvalue weighted by atomic mass is 10.2. The number of nitrogens with zero attached hydrogens (tertiary/aromatic N) is 4. The van der Waals surface area contributed by atoms with Gasteiger partial charge in [-0.2, -0.15) is 8.78 Å². The summed E-state index contributed by atoms with van der Waals surface area (Å²) in [5.74, 6) is -0.935. The van der Waals surface area contributed by atoms with Gasteiger partial charge in [0, 0.05) is 24.5 Å². The van der Waals surface area contributed by atoms with Crippen LogP contribution in [0.2, 0.25) is 0 Å². The van der Waals surface area contributed by atoms with Crippen molar-refractivity contribution in [3.8, 4) is 11.5 Å². The Balaban J connectivity index is 1.68. The Kier molecular flexibility index (Phi) is 4.18. The van der Waals surface area contributed by atoms with Crippen molar-refractivity contribution >= 4 is 5.95 Å². The fraction of sp³-hybridized carbons (Fsp3) is 0.143. The van der Waals surface area contributed by atoms with Crippen molar-refractivity contribution in [1.29, 1.82) is 0 Å². The Labute approximate surface area is 128 Å². The zero-order valence-electron chi connectivity index (χ0n) is 11.6. The first-order chi connectivity index (χ1) is 11.1. The van der Waals surface area contributed by atoms with Gasteiger partial charge in [-0.05, 0) is 6.07 Å². The van der Waals surface area contributed by atoms with Crippen molar-refractivity contribution in [3.05, 3.63) is 53.9 Å². The molecular weight excluding hydrogens is 311 g/mol. The number of hydrogen-bond acceptors (Lipinski definition) is 6. The number of alkyl halides is 2. The van der Waals surface area contributed by atoms with Gasteiger partial charge in [-0.15, -0.1) is 10.2 Å². The van der Waals surface area contributed by atoms with Crippen LogP contribution in [0.1, 0.15) is 17.9 Å². The van der Waals surface area contributed by atoms with Crippen LogP contribution in [0.15, 0.2) is 41.1 Å². The summed E-state index contributed by atoms with van der Waals surface area (Å²) in [6.45, 7) is 0.210. The molecule has 23 heavy (non-hydrogen) atoms. The van der Waals surface area contributed by atoms with Gasteiger partial charge < -0.3 is 9.73 Å². The number of benzene rings is 1. The van der Waals surface area contributed by atoms with Crippen LogP contribution in [-0.2, 0) is 6.54 Å². The molecular formula is C14H10F3N5O. The molecule has 0 atom stereocenters. The molecule has 0 fully saturated rings. The number of halogens is 3. The average molecular weight is 321 g/mol. The molecule has 0 unspecified atom stereocenters. The summed E-state index contributed by atoms with van der Waals surface area (Å²) in [5, 5.41) is 9.57. The summed E-state index contributed by atoms with van der Waals surface area (Å²) in [5.41, 5.74) is 0.777. The third-order valence-corrected chi connectivity index (χ3v) is 2.92. The zero-order chi connectivity index (χ0) is 16.2. The van der Waals surface area contributed by atoms with E-state index in [9.17, 15) is 13.2 Å². The van der Waals surface area contributed by atoms with Crippen LogP contribution in [0.3, 0.4) is 0 Å². The van der Waals surface area contributed by atoms with Crippen LogP contribution in [-0.4, -0.2) is 20.2 Å². The molecule has 0 spiro atoms. The lowest BCUT2D eigenvalue weighted by molar-refractivity contribution is 0.116. The Morgan fingerprint density at radius 1 is 1.09 bits per heavy atom. The molecule has 0 aliphatic rings. The highest BCUT2D eigenvalue weighted by Gasteiger charge is 2.17. The quantitative estimate of drug-likeness (QED) is 0.777. The maximum atomic E-state index is 13.5. The van der Waals surface area contributed by atoms with Gasteiger partial charge in [0.15, 0.2) is 0 Å². The van der Waals surface area contributed by atoms with Crippen LogP contribution in [0.4, 0.5) is 19.1 Å². The first-order valence-electron chi connectivity index (χ1n) is 6.54. The minimum atomic E-state index is -2.83. The predicted octanol–water partition coefficient (Wildman–Crippen LogP) is 3.22. The Morgan fingerprint density at radius 2 is 1.83 bits per heavy atom. The lowest BCUT2D eigenvalue weighted by Crippen LogP contribution is -2.04. The van der Waals surface area contributed by atoms with Crippen LogP contribution in [0.25, 0.3) is 11.5 Å². The number of nitrogens with one attached hydrogen (secondary N) is 1. The van der Waals surface area contributed by atoms with Gasteiger partial charge in [0.05, 0.1) is 5.56 Å². The zero-order valence-corrected chi connectivity index (χ0v) is 11.6. The summed E-state index contributed by atoms with van der Waals surface area (Å²) in [6, 6.07) is 6.32. The van der Waals surface area contributed by atoms with Gasteiger partial charge in [-0.1, -0.05) is 18.2 Å². The molecule has 118 valence electrons. The number of hydrogen-bond donors (Lipinski definition) is 1. The van der Waals surface area contributed by atoms with Crippen LogP contribution >= 0.6 is 0 Å². The van der Waals surface area contributed by atoms with E-state index in [1.807, 2.05) is 0 Å². The predicted molar refractivity (Wildman–Crippen MR) is 74.0 cm³/mol. The van der Waals surface area contributed by atoms with Crippen molar-refractivity contribution in [2.24, 2.45) is 0 Å². The van der Waals surface area contributed by atoms with Crippen molar-refractivity contribution < 1.29 is 17.6 Å². The third kappa shape index (κ3) is 3.44. The molecule has 0 aliphatic carbocycles. The van der Waals surface area contributed by atoms with Crippen molar-refractivity contribution in [2.75, 3.05) is 5.32 Å². The molecule has 1 aromatic carbocycles. The van der Waals surface area contributed by atoms with E-state index in [4.69, 9.17) is 4.42 Å². The molecule has 2 heterocycles. The third-order valence-electron chi connectivity index (χ3n) is 2.92. The maximum absolute atomic E-state index is 13.5. The number of aromatic nitrogens is 4. The van der Waals surface area contributed by atoms with Gasteiger partial charge in [0.2, 0.25) is 5.95 Å². The van der Waals surface area contributed by atoms with Gasteiger partial charge in [0.25, 0.3) is 11.8 Å². The van der Waals surface area contributed by atoms with E-state index in [1.54, 1.807) is 18.2 Å². The standard InChI is InChI=1S/C14H10F3N5O/c15-10-4-2-1-3-8(10)5-18-14-19-6-9(7-20-14)12-21-22-13(23-12)11(16)17/h1-4,6-7,11H,5H2,(H,18,19,20). The molecule has 0 saturated carbocycles.